The molecule has 0 spiro atoms. The molecule has 0 unspecified atom stereocenters. The fourth-order valence-electron chi connectivity index (χ4n) is 5.23. The number of carboxylic acids is 6. The topological polar surface area (TPSA) is 357 Å². The summed E-state index contributed by atoms with van der Waals surface area (Å²) in [5.41, 5.74) is -1.66. The molecule has 416 valence electrons. The molecule has 0 radical (unpaired) electrons. The molecule has 0 rings (SSSR count). The average Bonchev–Trinajstić information content (AvgIpc) is 3.32. The fourth-order valence-corrected chi connectivity index (χ4v) is 5.23. The zero-order chi connectivity index (χ0) is 55.1. The maximum atomic E-state index is 12.2. The number of hydrogen-bond acceptors (Lipinski definition) is 14. The largest absolute Gasteiger partial charge is 0.481 e. The van der Waals surface area contributed by atoms with Crippen molar-refractivity contribution in [2.75, 3.05) is 39.6 Å². The van der Waals surface area contributed by atoms with Gasteiger partial charge in [-0.3, -0.25) is 38.4 Å². The Morgan fingerprint density at radius 1 is 0.300 bits per heavy atom. The maximum absolute atomic E-state index is 12.2. The van der Waals surface area contributed by atoms with Gasteiger partial charge in [-0.25, -0.2) is 0 Å². The number of unbranched alkanes of at least 4 members (excludes halogenated alkanes) is 10. The molecule has 0 aliphatic rings. The van der Waals surface area contributed by atoms with Crippen LogP contribution in [0.3, 0.4) is 0 Å². The van der Waals surface area contributed by atoms with Crippen LogP contribution in [0.15, 0.2) is 0 Å². The number of esters is 2. The third-order valence-corrected chi connectivity index (χ3v) is 10.1. The molecular weight excluding hydrogens is 921 g/mol. The molecule has 0 saturated carbocycles. The second-order valence-corrected chi connectivity index (χ2v) is 17.1. The van der Waals surface area contributed by atoms with E-state index in [4.69, 9.17) is 60.5 Å². The Balaban J connectivity index is -0.000000220. The smallest absolute Gasteiger partial charge is 0.305 e. The quantitative estimate of drug-likeness (QED) is 0.0204. The van der Waals surface area contributed by atoms with Gasteiger partial charge in [0.25, 0.3) is 0 Å². The maximum Gasteiger partial charge on any atom is 0.305 e. The number of hydrogen-bond donors (Lipinski definition) is 10. The van der Waals surface area contributed by atoms with Crippen LogP contribution in [-0.4, -0.2) is 138 Å². The molecule has 10 N–H and O–H groups in total. The van der Waals surface area contributed by atoms with Crippen molar-refractivity contribution in [1.29, 1.82) is 0 Å². The number of aliphatic hydroxyl groups excluding tert-OH is 4. The van der Waals surface area contributed by atoms with E-state index in [-0.39, 0.29) is 38.0 Å². The summed E-state index contributed by atoms with van der Waals surface area (Å²) in [7, 11) is 0. The Labute approximate surface area is 417 Å². The van der Waals surface area contributed by atoms with Crippen LogP contribution in [0.5, 0.6) is 0 Å². The van der Waals surface area contributed by atoms with E-state index in [1.807, 2.05) is 41.5 Å². The molecule has 20 nitrogen and oxygen atoms in total. The lowest BCUT2D eigenvalue weighted by Crippen LogP contribution is -2.37. The van der Waals surface area contributed by atoms with E-state index in [9.17, 15) is 38.4 Å². The van der Waals surface area contributed by atoms with Gasteiger partial charge in [0.1, 0.15) is 13.2 Å². The monoisotopic (exact) mass is 1020 g/mol. The van der Waals surface area contributed by atoms with E-state index in [0.717, 1.165) is 103 Å². The van der Waals surface area contributed by atoms with E-state index >= 15 is 0 Å². The number of rotatable bonds is 38. The van der Waals surface area contributed by atoms with Gasteiger partial charge in [0.2, 0.25) is 0 Å². The molecule has 0 atom stereocenters. The van der Waals surface area contributed by atoms with Crippen LogP contribution in [0.2, 0.25) is 0 Å². The summed E-state index contributed by atoms with van der Waals surface area (Å²) in [6.45, 7) is 10.6. The minimum atomic E-state index is -1.11. The van der Waals surface area contributed by atoms with Crippen molar-refractivity contribution in [1.82, 2.24) is 0 Å². The third kappa shape index (κ3) is 65.7. The Morgan fingerprint density at radius 2 is 0.514 bits per heavy atom. The summed E-state index contributed by atoms with van der Waals surface area (Å²) in [5.74, 6) is -4.96. The van der Waals surface area contributed by atoms with Crippen LogP contribution in [0.4, 0.5) is 0 Å². The highest BCUT2D eigenvalue weighted by Gasteiger charge is 2.33. The summed E-state index contributed by atoms with van der Waals surface area (Å²) in [5, 5.41) is 83.9. The number of aliphatic carboxylic acids is 6. The van der Waals surface area contributed by atoms with Crippen LogP contribution in [0, 0.1) is 10.8 Å². The van der Waals surface area contributed by atoms with Crippen molar-refractivity contribution in [3.63, 3.8) is 0 Å². The Morgan fingerprint density at radius 3 is 0.686 bits per heavy atom. The Hall–Kier alpha value is -4.40. The molecule has 0 fully saturated rings. The van der Waals surface area contributed by atoms with Crippen LogP contribution < -0.4 is 0 Å². The SMILES string of the molecule is CCCCC(=O)O.CCCCC(=O)O.CCCCC(=O)O.CCCCC(=O)O.CCCCC(=O)OCC(CCCCCC(=O)O)(CCCCCC(=O)O)COC(=O)CCCC.OCC(CO)(CO)CO. The molecule has 0 aromatic carbocycles. The number of aliphatic hydroxyl groups is 4. The van der Waals surface area contributed by atoms with Gasteiger partial charge in [0, 0.05) is 56.8 Å². The van der Waals surface area contributed by atoms with Crippen molar-refractivity contribution >= 4 is 47.8 Å². The molecule has 0 aromatic rings. The zero-order valence-corrected chi connectivity index (χ0v) is 43.6. The second kappa shape index (κ2) is 57.2. The van der Waals surface area contributed by atoms with Crippen LogP contribution in [0.1, 0.15) is 221 Å². The number of carboxylic acid groups (broad SMARTS) is 6. The number of carbonyl (C=O) groups excluding carboxylic acids is 2. The zero-order valence-electron chi connectivity index (χ0n) is 43.6. The first kappa shape index (κ1) is 77.1. The first-order valence-corrected chi connectivity index (χ1v) is 25.1. The van der Waals surface area contributed by atoms with Gasteiger partial charge in [0.15, 0.2) is 0 Å². The van der Waals surface area contributed by atoms with Gasteiger partial charge in [-0.05, 0) is 64.2 Å². The van der Waals surface area contributed by atoms with E-state index in [1.54, 1.807) is 0 Å². The predicted octanol–water partition coefficient (Wildman–Crippen LogP) is 8.50. The number of carbonyl (C=O) groups is 8. The second-order valence-electron chi connectivity index (χ2n) is 17.1. The molecule has 0 saturated heterocycles. The van der Waals surface area contributed by atoms with E-state index in [1.165, 1.54) is 0 Å². The highest BCUT2D eigenvalue weighted by Crippen LogP contribution is 2.34. The molecule has 0 bridgehead atoms. The van der Waals surface area contributed by atoms with Crippen LogP contribution in [0.25, 0.3) is 0 Å². The van der Waals surface area contributed by atoms with Gasteiger partial charge in [0.05, 0.1) is 31.8 Å². The van der Waals surface area contributed by atoms with Crippen LogP contribution >= 0.6 is 0 Å². The van der Waals surface area contributed by atoms with E-state index in [0.29, 0.717) is 64.2 Å². The first-order chi connectivity index (χ1) is 33.1. The Bertz CT molecular complexity index is 1150. The molecule has 0 aromatic heterocycles. The Kier molecular flexibility index (Phi) is 63.0. The molecular formula is C50H96O20. The highest BCUT2D eigenvalue weighted by molar-refractivity contribution is 5.70. The molecule has 0 amide bonds. The van der Waals surface area contributed by atoms with Gasteiger partial charge >= 0.3 is 47.8 Å². The lowest BCUT2D eigenvalue weighted by molar-refractivity contribution is -0.156. The average molecular weight is 1020 g/mol. The number of ether oxygens (including phenoxy) is 2. The lowest BCUT2D eigenvalue weighted by atomic mass is 9.79. The third-order valence-electron chi connectivity index (χ3n) is 10.1. The standard InChI is InChI=1S/C25H44O8.C5H12O4.4C5H10O2/c1-3-5-15-23(30)32-19-25(17-11-7-9-13-21(26)27,18-12-8-10-14-22(28)29)20-33-24(31)16-6-4-2;6-1-5(2-7,3-8)4-9;4*1-2-3-4-5(6)7/h3-20H2,1-2H3,(H,26,27)(H,28,29);6-9H,1-4H2;4*2-4H2,1H3,(H,6,7). The molecule has 0 aliphatic heterocycles. The van der Waals surface area contributed by atoms with E-state index in [2.05, 4.69) is 0 Å². The summed E-state index contributed by atoms with van der Waals surface area (Å²) in [4.78, 5) is 84.9. The van der Waals surface area contributed by atoms with Gasteiger partial charge < -0.3 is 60.5 Å². The summed E-state index contributed by atoms with van der Waals surface area (Å²) < 4.78 is 11.2. The summed E-state index contributed by atoms with van der Waals surface area (Å²) >= 11 is 0. The van der Waals surface area contributed by atoms with Crippen molar-refractivity contribution in [2.45, 2.75) is 221 Å². The summed E-state index contributed by atoms with van der Waals surface area (Å²) in [6, 6.07) is 0. The fraction of sp³-hybridized carbons (Fsp3) is 0.840. The predicted molar refractivity (Wildman–Crippen MR) is 264 cm³/mol. The van der Waals surface area contributed by atoms with Crippen LogP contribution in [-0.2, 0) is 47.8 Å². The molecule has 0 aliphatic carbocycles. The van der Waals surface area contributed by atoms with Gasteiger partial charge in [-0.2, -0.15) is 0 Å². The minimum Gasteiger partial charge on any atom is -0.481 e. The first-order valence-electron chi connectivity index (χ1n) is 25.1. The summed E-state index contributed by atoms with van der Waals surface area (Å²) in [6.07, 6.45) is 17.9. The minimum absolute atomic E-state index is 0.111. The molecule has 20 heteroatoms. The van der Waals surface area contributed by atoms with Crippen molar-refractivity contribution in [3.05, 3.63) is 0 Å². The van der Waals surface area contributed by atoms with E-state index < -0.39 is 73.1 Å². The lowest BCUT2D eigenvalue weighted by Gasteiger charge is -2.33. The van der Waals surface area contributed by atoms with Crippen molar-refractivity contribution < 1.29 is 98.9 Å². The van der Waals surface area contributed by atoms with Crippen molar-refractivity contribution in [3.8, 4) is 0 Å². The van der Waals surface area contributed by atoms with Crippen molar-refractivity contribution in [2.24, 2.45) is 10.8 Å². The molecule has 0 heterocycles. The van der Waals surface area contributed by atoms with Gasteiger partial charge in [-0.15, -0.1) is 0 Å². The normalized spacial score (nSPS) is 10.3. The highest BCUT2D eigenvalue weighted by atomic mass is 16.5. The van der Waals surface area contributed by atoms with Gasteiger partial charge in [-0.1, -0.05) is 106 Å². The molecule has 70 heavy (non-hydrogen) atoms.